The number of likely N-dealkylation sites (N-methyl/N-ethyl adjacent to an activating group) is 1. The van der Waals surface area contributed by atoms with E-state index in [0.717, 1.165) is 45.1 Å². The van der Waals surface area contributed by atoms with E-state index in [1.165, 1.54) is 58.5 Å². The number of hydrogen-bond acceptors (Lipinski definition) is 16. The molecule has 21 heteroatoms. The molecule has 0 rings (SSSR count). The minimum atomic E-state index is -0.939. The highest BCUT2D eigenvalue weighted by Crippen LogP contribution is 2.16. The molecule has 0 radical (unpaired) electrons. The molecule has 0 bridgehead atoms. The summed E-state index contributed by atoms with van der Waals surface area (Å²) in [6.07, 6.45) is 16.7. The second kappa shape index (κ2) is 46.0. The quantitative estimate of drug-likeness (QED) is 0.0262. The summed E-state index contributed by atoms with van der Waals surface area (Å²) in [6.45, 7) is 16.2. The number of amides is 4. The summed E-state index contributed by atoms with van der Waals surface area (Å²) in [5.74, 6) is -2.04. The number of rotatable bonds is 50. The Kier molecular flexibility index (Phi) is 43.6. The molecule has 444 valence electrons. The Bertz CT molecular complexity index is 1560. The van der Waals surface area contributed by atoms with Crippen molar-refractivity contribution in [1.82, 2.24) is 21.3 Å². The van der Waals surface area contributed by atoms with E-state index >= 15 is 0 Å². The topological polar surface area (TPSA) is 251 Å². The second-order valence-electron chi connectivity index (χ2n) is 21.5. The molecular formula is C55H104N5O16+. The van der Waals surface area contributed by atoms with Crippen LogP contribution in [-0.2, 0) is 76.2 Å². The molecule has 76 heavy (non-hydrogen) atoms. The predicted molar refractivity (Wildman–Crippen MR) is 289 cm³/mol. The van der Waals surface area contributed by atoms with Crippen molar-refractivity contribution in [3.8, 4) is 0 Å². The van der Waals surface area contributed by atoms with Crippen molar-refractivity contribution < 1.29 is 80.7 Å². The Balaban J connectivity index is 3.94. The van der Waals surface area contributed by atoms with Gasteiger partial charge in [-0.2, -0.15) is 0 Å². The number of nitrogens with zero attached hydrogens (tertiary/aromatic N) is 1. The number of carbonyl (C=O) groups is 7. The van der Waals surface area contributed by atoms with Gasteiger partial charge in [0.05, 0.1) is 107 Å². The number of carbonyl (C=O) groups excluding carboxylic acids is 7. The molecule has 0 fully saturated rings. The fourth-order valence-electron chi connectivity index (χ4n) is 7.22. The van der Waals surface area contributed by atoms with E-state index in [-0.39, 0.29) is 121 Å². The number of hydrogen-bond donors (Lipinski definition) is 4. The van der Waals surface area contributed by atoms with Crippen molar-refractivity contribution in [3.05, 3.63) is 0 Å². The lowest BCUT2D eigenvalue weighted by molar-refractivity contribution is -0.889. The maximum Gasteiger partial charge on any atom is 0.329 e. The Morgan fingerprint density at radius 1 is 0.408 bits per heavy atom. The summed E-state index contributed by atoms with van der Waals surface area (Å²) >= 11 is 0. The largest absolute Gasteiger partial charge is 0.469 e. The highest BCUT2D eigenvalue weighted by Gasteiger charge is 2.27. The zero-order valence-corrected chi connectivity index (χ0v) is 48.5. The van der Waals surface area contributed by atoms with Crippen molar-refractivity contribution in [2.24, 2.45) is 0 Å². The van der Waals surface area contributed by atoms with Crippen LogP contribution in [0.25, 0.3) is 0 Å². The van der Waals surface area contributed by atoms with Gasteiger partial charge < -0.3 is 68.4 Å². The van der Waals surface area contributed by atoms with E-state index in [9.17, 15) is 33.6 Å². The Morgan fingerprint density at radius 3 is 1.32 bits per heavy atom. The van der Waals surface area contributed by atoms with Gasteiger partial charge in [0.15, 0.2) is 0 Å². The molecule has 0 aliphatic heterocycles. The fraction of sp³-hybridized carbons (Fsp3) is 0.873. The summed E-state index contributed by atoms with van der Waals surface area (Å²) in [4.78, 5) is 85.4. The van der Waals surface area contributed by atoms with Crippen LogP contribution in [0.2, 0.25) is 0 Å². The van der Waals surface area contributed by atoms with E-state index in [1.807, 2.05) is 20.8 Å². The normalized spacial score (nSPS) is 12.2. The molecule has 1 atom stereocenters. The van der Waals surface area contributed by atoms with Gasteiger partial charge in [0.2, 0.25) is 23.6 Å². The second-order valence-corrected chi connectivity index (χ2v) is 21.5. The minimum Gasteiger partial charge on any atom is -0.469 e. The third-order valence-corrected chi connectivity index (χ3v) is 11.4. The van der Waals surface area contributed by atoms with Gasteiger partial charge in [0, 0.05) is 32.4 Å². The number of esters is 3. The number of nitrogens with one attached hydrogen (secondary N) is 4. The molecule has 4 amide bonds. The molecule has 0 aliphatic rings. The third kappa shape index (κ3) is 50.8. The molecule has 0 aromatic carbocycles. The third-order valence-electron chi connectivity index (χ3n) is 11.4. The average Bonchev–Trinajstić information content (AvgIpc) is 3.33. The summed E-state index contributed by atoms with van der Waals surface area (Å²) in [5, 5.41) is 11.1. The summed E-state index contributed by atoms with van der Waals surface area (Å²) < 4.78 is 48.7. The van der Waals surface area contributed by atoms with Gasteiger partial charge in [0.25, 0.3) is 0 Å². The molecule has 0 heterocycles. The van der Waals surface area contributed by atoms with Crippen molar-refractivity contribution >= 4 is 41.5 Å². The number of ether oxygens (including phenoxy) is 9. The zero-order valence-electron chi connectivity index (χ0n) is 48.5. The number of methoxy groups -OCH3 is 1. The zero-order chi connectivity index (χ0) is 56.8. The first-order valence-electron chi connectivity index (χ1n) is 28.0. The molecule has 0 aromatic rings. The molecule has 0 saturated heterocycles. The van der Waals surface area contributed by atoms with Gasteiger partial charge >= 0.3 is 17.9 Å². The molecule has 0 aromatic heterocycles. The lowest BCUT2D eigenvalue weighted by atomic mass is 10.0. The first-order chi connectivity index (χ1) is 36.1. The van der Waals surface area contributed by atoms with E-state index in [4.69, 9.17) is 37.9 Å². The van der Waals surface area contributed by atoms with Crippen molar-refractivity contribution in [1.29, 1.82) is 0 Å². The van der Waals surface area contributed by atoms with E-state index in [1.54, 1.807) is 20.8 Å². The van der Waals surface area contributed by atoms with Crippen LogP contribution < -0.4 is 21.3 Å². The maximum absolute atomic E-state index is 13.0. The molecular weight excluding hydrogens is 987 g/mol. The maximum atomic E-state index is 13.0. The summed E-state index contributed by atoms with van der Waals surface area (Å²) in [6, 6.07) is -0.939. The lowest BCUT2D eigenvalue weighted by Gasteiger charge is -2.29. The van der Waals surface area contributed by atoms with E-state index < -0.39 is 23.2 Å². The summed E-state index contributed by atoms with van der Waals surface area (Å²) in [5.41, 5.74) is -1.16. The van der Waals surface area contributed by atoms with Gasteiger partial charge in [-0.1, -0.05) is 77.0 Å². The van der Waals surface area contributed by atoms with Gasteiger partial charge in [-0.3, -0.25) is 28.8 Å². The first-order valence-corrected chi connectivity index (χ1v) is 28.0. The molecule has 4 N–H and O–H groups in total. The van der Waals surface area contributed by atoms with Gasteiger partial charge in [-0.05, 0) is 60.8 Å². The Hall–Kier alpha value is -3.99. The molecule has 0 aliphatic carbocycles. The number of quaternary nitrogens is 1. The highest BCUT2D eigenvalue weighted by atomic mass is 16.6. The fourth-order valence-corrected chi connectivity index (χ4v) is 7.22. The number of unbranched alkanes of at least 4 members (excludes halogenated alkanes) is 13. The molecule has 0 spiro atoms. The van der Waals surface area contributed by atoms with Crippen molar-refractivity contribution in [2.45, 2.75) is 181 Å². The van der Waals surface area contributed by atoms with Gasteiger partial charge in [-0.25, -0.2) is 4.79 Å². The van der Waals surface area contributed by atoms with Crippen LogP contribution in [0.15, 0.2) is 0 Å². The van der Waals surface area contributed by atoms with E-state index in [0.29, 0.717) is 56.8 Å². The van der Waals surface area contributed by atoms with Crippen molar-refractivity contribution in [2.75, 3.05) is 133 Å². The van der Waals surface area contributed by atoms with Crippen LogP contribution in [0.5, 0.6) is 0 Å². The standard InChI is InChI=1S/C55H103N5O16/c1-54(2,3)75-52(66)25-23-21-19-17-15-13-11-10-12-14-16-18-20-22-24-48(62)59-46(53(67)76-55(4,5)6)26-27-47(61)57-30-35-70-40-43-74-45-50(64)58-31-36-71-41-42-73-44-49(63)56-29-32-60(7,8)33-37-72-39-38-69-34-28-51(65)68-9/h46H,10-45H2,1-9H3,(H3-,56,57,58,59,61,62,63,64)/p+1/t46-/m0/s1. The smallest absolute Gasteiger partial charge is 0.329 e. The summed E-state index contributed by atoms with van der Waals surface area (Å²) in [7, 11) is 5.44. The van der Waals surface area contributed by atoms with Crippen LogP contribution in [0.1, 0.15) is 164 Å². The van der Waals surface area contributed by atoms with Crippen molar-refractivity contribution in [3.63, 3.8) is 0 Å². The average molecular weight is 1090 g/mol. The van der Waals surface area contributed by atoms with Gasteiger partial charge in [-0.15, -0.1) is 0 Å². The van der Waals surface area contributed by atoms with E-state index in [2.05, 4.69) is 40.1 Å². The highest BCUT2D eigenvalue weighted by molar-refractivity contribution is 5.85. The predicted octanol–water partition coefficient (Wildman–Crippen LogP) is 5.26. The van der Waals surface area contributed by atoms with Crippen LogP contribution >= 0.6 is 0 Å². The lowest BCUT2D eigenvalue weighted by Crippen LogP contribution is -2.47. The van der Waals surface area contributed by atoms with Crippen LogP contribution in [0.4, 0.5) is 0 Å². The monoisotopic (exact) mass is 1090 g/mol. The molecule has 21 nitrogen and oxygen atoms in total. The minimum absolute atomic E-state index is 0.0115. The van der Waals surface area contributed by atoms with Crippen LogP contribution in [0.3, 0.4) is 0 Å². The Morgan fingerprint density at radius 2 is 0.829 bits per heavy atom. The van der Waals surface area contributed by atoms with Gasteiger partial charge in [0.1, 0.15) is 37.0 Å². The molecule has 0 saturated carbocycles. The van der Waals surface area contributed by atoms with Crippen LogP contribution in [0, 0.1) is 0 Å². The SMILES string of the molecule is COC(=O)CCOCCOCC[N+](C)(C)CCNC(=O)COCCOCCNC(=O)COCCOCCNC(=O)CC[C@H](NC(=O)CCCCCCCCCCCCCCCCC(=O)OC(C)(C)C)C(=O)OC(C)(C)C. The Labute approximate surface area is 456 Å². The molecule has 0 unspecified atom stereocenters. The first kappa shape index (κ1) is 72.0. The van der Waals surface area contributed by atoms with Crippen LogP contribution in [-0.4, -0.2) is 196 Å².